The van der Waals surface area contributed by atoms with Crippen LogP contribution < -0.4 is 5.32 Å². The van der Waals surface area contributed by atoms with Gasteiger partial charge in [0.1, 0.15) is 11.5 Å². The molecule has 0 fully saturated rings. The SMILES string of the molecule is Cc1sccc1-c1ccc(CNC(C)C)o1. The number of furan rings is 1. The van der Waals surface area contributed by atoms with Gasteiger partial charge < -0.3 is 9.73 Å². The Morgan fingerprint density at radius 1 is 1.31 bits per heavy atom. The minimum absolute atomic E-state index is 0.483. The molecule has 2 aromatic rings. The average Bonchev–Trinajstić information content (AvgIpc) is 2.83. The highest BCUT2D eigenvalue weighted by atomic mass is 32.1. The van der Waals surface area contributed by atoms with E-state index in [0.29, 0.717) is 6.04 Å². The topological polar surface area (TPSA) is 25.2 Å². The lowest BCUT2D eigenvalue weighted by Crippen LogP contribution is -2.21. The molecule has 0 amide bonds. The van der Waals surface area contributed by atoms with Crippen molar-refractivity contribution in [1.29, 1.82) is 0 Å². The lowest BCUT2D eigenvalue weighted by Gasteiger charge is -2.04. The van der Waals surface area contributed by atoms with Crippen LogP contribution >= 0.6 is 11.3 Å². The van der Waals surface area contributed by atoms with Gasteiger partial charge in [-0.2, -0.15) is 0 Å². The number of nitrogens with one attached hydrogen (secondary N) is 1. The van der Waals surface area contributed by atoms with Crippen LogP contribution in [0.2, 0.25) is 0 Å². The zero-order valence-corrected chi connectivity index (χ0v) is 10.7. The summed E-state index contributed by atoms with van der Waals surface area (Å²) in [6.07, 6.45) is 0. The second kappa shape index (κ2) is 4.85. The number of aryl methyl sites for hydroxylation is 1. The molecular formula is C13H17NOS. The molecule has 0 aliphatic heterocycles. The van der Waals surface area contributed by atoms with E-state index >= 15 is 0 Å². The molecular weight excluding hydrogens is 218 g/mol. The van der Waals surface area contributed by atoms with Crippen molar-refractivity contribution < 1.29 is 4.42 Å². The zero-order valence-electron chi connectivity index (χ0n) is 9.91. The molecule has 0 spiro atoms. The molecule has 2 heterocycles. The summed E-state index contributed by atoms with van der Waals surface area (Å²) in [5, 5.41) is 5.44. The lowest BCUT2D eigenvalue weighted by molar-refractivity contribution is 0.473. The highest BCUT2D eigenvalue weighted by Crippen LogP contribution is 2.28. The van der Waals surface area contributed by atoms with Gasteiger partial charge in [-0.3, -0.25) is 0 Å². The molecule has 0 saturated heterocycles. The van der Waals surface area contributed by atoms with Crippen LogP contribution in [-0.2, 0) is 6.54 Å². The van der Waals surface area contributed by atoms with Crippen molar-refractivity contribution in [2.24, 2.45) is 0 Å². The van der Waals surface area contributed by atoms with Gasteiger partial charge in [0.05, 0.1) is 6.54 Å². The van der Waals surface area contributed by atoms with Crippen LogP contribution in [0, 0.1) is 6.92 Å². The number of rotatable bonds is 4. The Labute approximate surface area is 100 Å². The summed E-state index contributed by atoms with van der Waals surface area (Å²) in [6, 6.07) is 6.68. The van der Waals surface area contributed by atoms with Gasteiger partial charge in [0.25, 0.3) is 0 Å². The van der Waals surface area contributed by atoms with Gasteiger partial charge in [-0.1, -0.05) is 13.8 Å². The molecule has 1 N–H and O–H groups in total. The van der Waals surface area contributed by atoms with E-state index in [4.69, 9.17) is 4.42 Å². The first-order valence-corrected chi connectivity index (χ1v) is 6.41. The van der Waals surface area contributed by atoms with E-state index in [1.54, 1.807) is 11.3 Å². The van der Waals surface area contributed by atoms with Crippen molar-refractivity contribution in [3.8, 4) is 11.3 Å². The van der Waals surface area contributed by atoms with Crippen molar-refractivity contribution in [3.05, 3.63) is 34.2 Å². The first kappa shape index (κ1) is 11.4. The van der Waals surface area contributed by atoms with Crippen LogP contribution in [0.1, 0.15) is 24.5 Å². The summed E-state index contributed by atoms with van der Waals surface area (Å²) in [7, 11) is 0. The van der Waals surface area contributed by atoms with Crippen LogP contribution in [0.4, 0.5) is 0 Å². The summed E-state index contributed by atoms with van der Waals surface area (Å²) in [5.41, 5.74) is 1.21. The van der Waals surface area contributed by atoms with E-state index < -0.39 is 0 Å². The second-order valence-corrected chi connectivity index (χ2v) is 5.31. The molecule has 0 radical (unpaired) electrons. The normalized spacial score (nSPS) is 11.2. The molecule has 16 heavy (non-hydrogen) atoms. The summed E-state index contributed by atoms with van der Waals surface area (Å²) in [5.74, 6) is 1.97. The van der Waals surface area contributed by atoms with Crippen LogP contribution in [0.3, 0.4) is 0 Å². The van der Waals surface area contributed by atoms with Crippen molar-refractivity contribution in [2.75, 3.05) is 0 Å². The van der Waals surface area contributed by atoms with Crippen LogP contribution in [0.15, 0.2) is 28.0 Å². The molecule has 0 aliphatic rings. The Balaban J connectivity index is 2.11. The van der Waals surface area contributed by atoms with Crippen LogP contribution in [0.25, 0.3) is 11.3 Å². The molecule has 3 heteroatoms. The zero-order chi connectivity index (χ0) is 11.5. The molecule has 0 saturated carbocycles. The summed E-state index contributed by atoms with van der Waals surface area (Å²) < 4.78 is 5.80. The van der Waals surface area contributed by atoms with E-state index in [2.05, 4.69) is 37.5 Å². The Morgan fingerprint density at radius 2 is 2.12 bits per heavy atom. The maximum Gasteiger partial charge on any atom is 0.135 e. The molecule has 86 valence electrons. The monoisotopic (exact) mass is 235 g/mol. The number of hydrogen-bond acceptors (Lipinski definition) is 3. The maximum atomic E-state index is 5.80. The maximum absolute atomic E-state index is 5.80. The Morgan fingerprint density at radius 3 is 2.75 bits per heavy atom. The smallest absolute Gasteiger partial charge is 0.135 e. The predicted octanol–water partition coefficient (Wildman–Crippen LogP) is 3.81. The van der Waals surface area contributed by atoms with Crippen molar-refractivity contribution in [1.82, 2.24) is 5.32 Å². The molecule has 2 rings (SSSR count). The van der Waals surface area contributed by atoms with E-state index in [9.17, 15) is 0 Å². The summed E-state index contributed by atoms with van der Waals surface area (Å²) in [4.78, 5) is 1.30. The van der Waals surface area contributed by atoms with E-state index in [1.165, 1.54) is 10.4 Å². The van der Waals surface area contributed by atoms with Gasteiger partial charge in [-0.05, 0) is 30.5 Å². The lowest BCUT2D eigenvalue weighted by atomic mass is 10.2. The highest BCUT2D eigenvalue weighted by Gasteiger charge is 2.08. The van der Waals surface area contributed by atoms with Crippen LogP contribution in [-0.4, -0.2) is 6.04 Å². The third-order valence-electron chi connectivity index (χ3n) is 2.47. The fourth-order valence-corrected chi connectivity index (χ4v) is 2.27. The minimum atomic E-state index is 0.483. The van der Waals surface area contributed by atoms with Gasteiger partial charge in [-0.25, -0.2) is 0 Å². The quantitative estimate of drug-likeness (QED) is 0.871. The minimum Gasteiger partial charge on any atom is -0.460 e. The van der Waals surface area contributed by atoms with E-state index in [0.717, 1.165) is 18.1 Å². The summed E-state index contributed by atoms with van der Waals surface area (Å²) in [6.45, 7) is 7.18. The van der Waals surface area contributed by atoms with Gasteiger partial charge in [0.2, 0.25) is 0 Å². The Hall–Kier alpha value is -1.06. The Kier molecular flexibility index (Phi) is 3.46. The molecule has 0 bridgehead atoms. The fourth-order valence-electron chi connectivity index (χ4n) is 1.56. The van der Waals surface area contributed by atoms with Gasteiger partial charge in [0.15, 0.2) is 0 Å². The standard InChI is InChI=1S/C13H17NOS/c1-9(2)14-8-11-4-5-13(15-11)12-6-7-16-10(12)3/h4-7,9,14H,8H2,1-3H3. The predicted molar refractivity (Wildman–Crippen MR) is 68.7 cm³/mol. The number of hydrogen-bond donors (Lipinski definition) is 1. The molecule has 0 unspecified atom stereocenters. The summed E-state index contributed by atoms with van der Waals surface area (Å²) >= 11 is 1.75. The molecule has 2 aromatic heterocycles. The highest BCUT2D eigenvalue weighted by molar-refractivity contribution is 7.10. The van der Waals surface area contributed by atoms with Crippen molar-refractivity contribution in [3.63, 3.8) is 0 Å². The second-order valence-electron chi connectivity index (χ2n) is 4.19. The average molecular weight is 235 g/mol. The Bertz CT molecular complexity index is 456. The third kappa shape index (κ3) is 2.54. The van der Waals surface area contributed by atoms with Gasteiger partial charge in [-0.15, -0.1) is 11.3 Å². The van der Waals surface area contributed by atoms with Crippen LogP contribution in [0.5, 0.6) is 0 Å². The number of thiophene rings is 1. The molecule has 0 atom stereocenters. The van der Waals surface area contributed by atoms with Gasteiger partial charge >= 0.3 is 0 Å². The molecule has 0 aromatic carbocycles. The van der Waals surface area contributed by atoms with Gasteiger partial charge in [0, 0.05) is 16.5 Å². The fraction of sp³-hybridized carbons (Fsp3) is 0.385. The largest absolute Gasteiger partial charge is 0.460 e. The molecule has 0 aliphatic carbocycles. The van der Waals surface area contributed by atoms with E-state index in [1.807, 2.05) is 12.1 Å². The third-order valence-corrected chi connectivity index (χ3v) is 3.32. The molecule has 2 nitrogen and oxygen atoms in total. The first-order chi connectivity index (χ1) is 7.66. The first-order valence-electron chi connectivity index (χ1n) is 5.53. The van der Waals surface area contributed by atoms with Crippen molar-refractivity contribution >= 4 is 11.3 Å². The van der Waals surface area contributed by atoms with Crippen molar-refractivity contribution in [2.45, 2.75) is 33.4 Å². The van der Waals surface area contributed by atoms with E-state index in [-0.39, 0.29) is 0 Å².